The first-order valence-corrected chi connectivity index (χ1v) is 44.1. The summed E-state index contributed by atoms with van der Waals surface area (Å²) in [5, 5.41) is 10.7. The highest BCUT2D eigenvalue weighted by molar-refractivity contribution is 7.10. The van der Waals surface area contributed by atoms with Gasteiger partial charge in [-0.3, -0.25) is 24.3 Å². The average Bonchev–Trinajstić information content (AvgIpc) is 1.18. The monoisotopic (exact) mass is 1810 g/mol. The van der Waals surface area contributed by atoms with Gasteiger partial charge in [0.15, 0.2) is 23.0 Å². The first kappa shape index (κ1) is 91.5. The predicted octanol–water partition coefficient (Wildman–Crippen LogP) is 19.4. The molecule has 9 aromatic carbocycles. The Morgan fingerprint density at radius 1 is 0.453 bits per heavy atom. The number of halogens is 6. The summed E-state index contributed by atoms with van der Waals surface area (Å²) in [5.74, 6) is 5.48. The van der Waals surface area contributed by atoms with Gasteiger partial charge in [-0.2, -0.15) is 26.3 Å². The smallest absolute Gasteiger partial charge is 0.416 e. The summed E-state index contributed by atoms with van der Waals surface area (Å²) in [7, 11) is 5.07. The standard InChI is InChI=1S/C34H35F3N4O4S.C34H38N4O5S.C28H24F3N3O3S/c1-2-44-33(43)41-17-15-40(16-18-41)32(42)30-24-46-31(38-30)22-39(21-27-9-6-10-28(19-27)34(35,36)37)20-25-11-13-29(14-12-25)45-23-26-7-4-3-5-8-26;1-24(37-13-15-38(16-14-37)29-7-5-6-8-30(29)40-3)28-22-44-34(35-28)21-36(19-25-9-12-31-33(17-25)43-23-42-31)20-26-10-11-27(39-2)18-32(26)41-4;1-18-5-8-22(9-6-18)32-27(35)23-16-38-26(33-23)15-34(13-19-3-2-4-21(11-19)28(29,30)31)14-20-7-10-24-25(12-20)37-17-36-24/h3-14,19,24H,2,15-18,20-23H2,1H3;5-12,17-18,22H,1,13-16,19-21,23H2,2-4H3;2-12,16H,13-15,17H2,1H3,(H,32,35). The maximum atomic E-state index is 13.4. The number of thiazole rings is 3. The summed E-state index contributed by atoms with van der Waals surface area (Å²) in [4.78, 5) is 66.3. The number of benzene rings is 9. The van der Waals surface area contributed by atoms with E-state index in [0.717, 1.165) is 129 Å². The highest BCUT2D eigenvalue weighted by Crippen LogP contribution is 2.39. The fourth-order valence-electron chi connectivity index (χ4n) is 14.9. The molecule has 668 valence electrons. The van der Waals surface area contributed by atoms with E-state index in [1.54, 1.807) is 72.3 Å². The number of anilines is 2. The minimum absolute atomic E-state index is 0.152. The van der Waals surface area contributed by atoms with E-state index in [1.165, 1.54) is 40.9 Å². The quantitative estimate of drug-likeness (QED) is 0.0401. The van der Waals surface area contributed by atoms with Crippen LogP contribution in [-0.2, 0) is 82.6 Å². The zero-order valence-electron chi connectivity index (χ0n) is 71.3. The Morgan fingerprint density at radius 3 is 1.49 bits per heavy atom. The van der Waals surface area contributed by atoms with E-state index < -0.39 is 23.5 Å². The summed E-state index contributed by atoms with van der Waals surface area (Å²) >= 11 is 4.33. The number of fused-ring (bicyclic) bond motifs is 2. The molecule has 0 radical (unpaired) electrons. The predicted molar refractivity (Wildman–Crippen MR) is 479 cm³/mol. The van der Waals surface area contributed by atoms with E-state index in [2.05, 4.69) is 72.3 Å². The van der Waals surface area contributed by atoms with E-state index in [-0.39, 0.29) is 50.3 Å². The zero-order chi connectivity index (χ0) is 89.7. The molecule has 12 aromatic rings. The van der Waals surface area contributed by atoms with Crippen LogP contribution in [-0.4, -0.2) is 156 Å². The Morgan fingerprint density at radius 2 is 0.930 bits per heavy atom. The molecule has 23 nitrogen and oxygen atoms in total. The molecule has 3 aromatic heterocycles. The Kier molecular flexibility index (Phi) is 30.9. The number of alkyl halides is 6. The van der Waals surface area contributed by atoms with Crippen LogP contribution < -0.4 is 48.1 Å². The summed E-state index contributed by atoms with van der Waals surface area (Å²) in [5.41, 5.74) is 10.2. The molecule has 0 atom stereocenters. The van der Waals surface area contributed by atoms with Crippen molar-refractivity contribution in [1.29, 1.82) is 0 Å². The number of nitrogens with zero attached hydrogens (tertiary/aromatic N) is 10. The van der Waals surface area contributed by atoms with Crippen molar-refractivity contribution >= 4 is 69.0 Å². The molecule has 0 bridgehead atoms. The van der Waals surface area contributed by atoms with Gasteiger partial charge in [-0.25, -0.2) is 19.7 Å². The summed E-state index contributed by atoms with van der Waals surface area (Å²) < 4.78 is 130. The van der Waals surface area contributed by atoms with Crippen LogP contribution in [0.4, 0.5) is 42.5 Å². The van der Waals surface area contributed by atoms with Crippen molar-refractivity contribution in [3.05, 3.63) is 317 Å². The number of para-hydroxylation sites is 2. The lowest BCUT2D eigenvalue weighted by Gasteiger charge is -2.38. The molecule has 4 aliphatic rings. The largest absolute Gasteiger partial charge is 0.497 e. The second kappa shape index (κ2) is 43.2. The highest BCUT2D eigenvalue weighted by Gasteiger charge is 2.34. The van der Waals surface area contributed by atoms with E-state index in [0.29, 0.717) is 135 Å². The van der Waals surface area contributed by atoms with Crippen LogP contribution in [0.3, 0.4) is 0 Å². The van der Waals surface area contributed by atoms with Gasteiger partial charge >= 0.3 is 18.4 Å². The van der Waals surface area contributed by atoms with Crippen molar-refractivity contribution in [1.82, 2.24) is 44.4 Å². The third-order valence-corrected chi connectivity index (χ3v) is 23.9. The van der Waals surface area contributed by atoms with Gasteiger partial charge in [-0.05, 0) is 126 Å². The van der Waals surface area contributed by atoms with Gasteiger partial charge in [0.05, 0.1) is 75.8 Å². The third-order valence-electron chi connectivity index (χ3n) is 21.4. The Bertz CT molecular complexity index is 5730. The van der Waals surface area contributed by atoms with Gasteiger partial charge in [0.2, 0.25) is 13.6 Å². The van der Waals surface area contributed by atoms with E-state index in [9.17, 15) is 40.7 Å². The van der Waals surface area contributed by atoms with Gasteiger partial charge in [0, 0.05) is 125 Å². The second-order valence-corrected chi connectivity index (χ2v) is 33.4. The number of rotatable bonds is 31. The Labute approximate surface area is 750 Å². The van der Waals surface area contributed by atoms with Crippen LogP contribution in [0.2, 0.25) is 0 Å². The fourth-order valence-corrected chi connectivity index (χ4v) is 17.3. The van der Waals surface area contributed by atoms with Crippen molar-refractivity contribution < 1.29 is 83.4 Å². The van der Waals surface area contributed by atoms with Crippen molar-refractivity contribution in [2.75, 3.05) is 104 Å². The van der Waals surface area contributed by atoms with E-state index in [4.69, 9.17) is 47.6 Å². The van der Waals surface area contributed by atoms with Gasteiger partial charge < -0.3 is 67.5 Å². The molecule has 128 heavy (non-hydrogen) atoms. The number of piperazine rings is 2. The third kappa shape index (κ3) is 25.2. The van der Waals surface area contributed by atoms with Crippen molar-refractivity contribution in [3.8, 4) is 46.0 Å². The highest BCUT2D eigenvalue weighted by atomic mass is 32.1. The molecule has 4 aliphatic heterocycles. The minimum Gasteiger partial charge on any atom is -0.497 e. The molecule has 7 heterocycles. The first-order valence-electron chi connectivity index (χ1n) is 41.4. The molecule has 0 unspecified atom stereocenters. The van der Waals surface area contributed by atoms with Gasteiger partial charge in [0.25, 0.3) is 11.8 Å². The molecule has 1 N–H and O–H groups in total. The molecular weight excluding hydrogens is 1710 g/mol. The summed E-state index contributed by atoms with van der Waals surface area (Å²) in [6, 6.07) is 61.4. The lowest BCUT2D eigenvalue weighted by Crippen LogP contribution is -2.50. The van der Waals surface area contributed by atoms with Crippen LogP contribution in [0, 0.1) is 6.92 Å². The van der Waals surface area contributed by atoms with E-state index in [1.807, 2.05) is 144 Å². The number of nitrogens with one attached hydrogen (secondary N) is 1. The lowest BCUT2D eigenvalue weighted by atomic mass is 10.1. The number of aromatic nitrogens is 3. The maximum absolute atomic E-state index is 13.4. The number of ether oxygens (including phenoxy) is 9. The Balaban J connectivity index is 0.000000156. The molecule has 0 aliphatic carbocycles. The maximum Gasteiger partial charge on any atom is 0.416 e. The molecular formula is C96H97F6N11O12S3. The number of hydrogen-bond acceptors (Lipinski definition) is 23. The van der Waals surface area contributed by atoms with Gasteiger partial charge in [0.1, 0.15) is 56.0 Å². The van der Waals surface area contributed by atoms with E-state index >= 15 is 0 Å². The number of methoxy groups -OCH3 is 3. The van der Waals surface area contributed by atoms with Crippen molar-refractivity contribution in [2.24, 2.45) is 0 Å². The molecule has 32 heteroatoms. The topological polar surface area (TPSA) is 208 Å². The molecule has 2 fully saturated rings. The normalized spacial score (nSPS) is 13.5. The van der Waals surface area contributed by atoms with Crippen LogP contribution in [0.5, 0.6) is 46.0 Å². The molecule has 16 rings (SSSR count). The van der Waals surface area contributed by atoms with Crippen molar-refractivity contribution in [2.45, 2.75) is 91.7 Å². The molecule has 2 saturated heterocycles. The van der Waals surface area contributed by atoms with Gasteiger partial charge in [-0.15, -0.1) is 34.0 Å². The summed E-state index contributed by atoms with van der Waals surface area (Å²) in [6.07, 6.45) is -9.25. The van der Waals surface area contributed by atoms with Crippen molar-refractivity contribution in [3.63, 3.8) is 0 Å². The second-order valence-electron chi connectivity index (χ2n) is 30.6. The average molecular weight is 1810 g/mol. The number of aryl methyl sites for hydroxylation is 1. The van der Waals surface area contributed by atoms with Gasteiger partial charge in [-0.1, -0.05) is 133 Å². The first-order chi connectivity index (χ1) is 61.9. The zero-order valence-corrected chi connectivity index (χ0v) is 73.7. The molecule has 3 amide bonds. The number of amides is 3. The molecule has 0 saturated carbocycles. The number of carbonyl (C=O) groups is 3. The van der Waals surface area contributed by atoms with Crippen LogP contribution >= 0.6 is 34.0 Å². The van der Waals surface area contributed by atoms with Crippen LogP contribution in [0.25, 0.3) is 5.70 Å². The Hall–Kier alpha value is -12.7. The minimum atomic E-state index is -4.44. The fraction of sp³-hybridized carbons (Fsp3) is 0.292. The lowest BCUT2D eigenvalue weighted by molar-refractivity contribution is -0.138. The summed E-state index contributed by atoms with van der Waals surface area (Å²) in [6.45, 7) is 18.4. The number of carbonyl (C=O) groups excluding carboxylic acids is 3. The van der Waals surface area contributed by atoms with Crippen LogP contribution in [0.15, 0.2) is 229 Å². The number of hydrogen-bond donors (Lipinski definition) is 1. The molecule has 0 spiro atoms. The van der Waals surface area contributed by atoms with Crippen LogP contribution in [0.1, 0.15) is 104 Å². The SMILES string of the molecule is C=C(c1csc(CN(Cc2ccc3c(c2)OCO3)Cc2ccc(OC)cc2OC)n1)N1CCN(c2ccccc2OC)CC1.CCOC(=O)N1CCN(C(=O)c2csc(CN(Cc3ccc(OCc4ccccc4)cc3)Cc3cccc(C(F)(F)F)c3)n2)CC1.Cc1ccc(NC(=O)c2csc(CN(Cc3cccc(C(F)(F)F)c3)Cc3ccc4c(c3)OCO4)n2)cc1.